The maximum Gasteiger partial charge on any atom is 0.158 e. The standard InChI is InChI=1S/C24H25NO2S.ClHO4/c1-15-13-16(2)22(17(3)14-15)19-10-8-12-21-23(19)24(28(5,26)27)18-9-6-7-11-20(18)25(21)4;2-1(3,4)5/h6-14,24H,1-5H3;(H,2,3,4,5). The van der Waals surface area contributed by atoms with Crippen LogP contribution in [-0.4, -0.2) is 26.4 Å². The van der Waals surface area contributed by atoms with Crippen molar-refractivity contribution in [2.45, 2.75) is 26.0 Å². The Bertz CT molecular complexity index is 1270. The highest BCUT2D eigenvalue weighted by atomic mass is 35.7. The lowest BCUT2D eigenvalue weighted by atomic mass is 9.85. The fourth-order valence-corrected chi connectivity index (χ4v) is 6.03. The Morgan fingerprint density at radius 1 is 0.909 bits per heavy atom. The molecule has 0 aromatic heterocycles. The minimum absolute atomic E-state index is 0.675. The Morgan fingerprint density at radius 3 is 1.97 bits per heavy atom. The number of hydrogen-bond acceptors (Lipinski definition) is 7. The molecule has 0 spiro atoms. The number of rotatable bonds is 2. The molecule has 176 valence electrons. The second-order valence-corrected chi connectivity index (χ2v) is 11.2. The predicted molar refractivity (Wildman–Crippen MR) is 119 cm³/mol. The van der Waals surface area contributed by atoms with Gasteiger partial charge in [-0.05, 0) is 60.7 Å². The van der Waals surface area contributed by atoms with E-state index in [0.29, 0.717) is 0 Å². The van der Waals surface area contributed by atoms with E-state index in [2.05, 4.69) is 43.9 Å². The first kappa shape index (κ1) is 25.2. The average Bonchev–Trinajstić information content (AvgIpc) is 2.65. The van der Waals surface area contributed by atoms with Gasteiger partial charge in [0.05, 0.1) is 14.9 Å². The van der Waals surface area contributed by atoms with E-state index < -0.39 is 25.3 Å². The maximum atomic E-state index is 13.0. The largest absolute Gasteiger partial charge is 0.344 e. The molecule has 1 aliphatic rings. The molecule has 1 aliphatic heterocycles. The Morgan fingerprint density at radius 2 is 1.42 bits per heavy atom. The number of fused-ring (bicyclic) bond motifs is 2. The van der Waals surface area contributed by atoms with Crippen LogP contribution in [0.2, 0.25) is 0 Å². The molecule has 3 aromatic rings. The molecule has 1 atom stereocenters. The highest BCUT2D eigenvalue weighted by Gasteiger charge is 2.37. The summed E-state index contributed by atoms with van der Waals surface area (Å²) in [5.41, 5.74) is 9.29. The summed E-state index contributed by atoms with van der Waals surface area (Å²) in [7, 11) is -6.05. The molecule has 0 bridgehead atoms. The van der Waals surface area contributed by atoms with Crippen LogP contribution in [0.5, 0.6) is 0 Å². The molecule has 0 radical (unpaired) electrons. The minimum atomic E-state index is -4.69. The monoisotopic (exact) mass is 491 g/mol. The first-order valence-electron chi connectivity index (χ1n) is 10.1. The van der Waals surface area contributed by atoms with Crippen molar-refractivity contribution in [1.29, 1.82) is 0 Å². The number of nitrogens with zero attached hydrogens (tertiary/aromatic N) is 1. The number of halogens is 1. The van der Waals surface area contributed by atoms with Crippen LogP contribution in [0.4, 0.5) is 11.4 Å². The van der Waals surface area contributed by atoms with E-state index in [1.165, 1.54) is 22.9 Å². The zero-order chi connectivity index (χ0) is 24.7. The quantitative estimate of drug-likeness (QED) is 0.573. The molecule has 9 heteroatoms. The van der Waals surface area contributed by atoms with Crippen LogP contribution in [0.15, 0.2) is 54.6 Å². The van der Waals surface area contributed by atoms with Gasteiger partial charge in [-0.25, -0.2) is 8.42 Å². The summed E-state index contributed by atoms with van der Waals surface area (Å²) >= 11 is 0. The van der Waals surface area contributed by atoms with E-state index in [0.717, 1.165) is 33.6 Å². The normalized spacial score (nSPS) is 15.3. The van der Waals surface area contributed by atoms with Crippen LogP contribution < -0.4 is 18.9 Å². The Balaban J connectivity index is 0.000000555. The summed E-state index contributed by atoms with van der Waals surface area (Å²) in [4.78, 5) is 2.11. The van der Waals surface area contributed by atoms with Gasteiger partial charge in [0.15, 0.2) is 9.84 Å². The molecule has 0 amide bonds. The Hall–Kier alpha value is -2.46. The van der Waals surface area contributed by atoms with Crippen LogP contribution >= 0.6 is 0 Å². The van der Waals surface area contributed by atoms with E-state index in [4.69, 9.17) is 18.6 Å². The molecule has 1 N–H and O–H groups in total. The van der Waals surface area contributed by atoms with Crippen molar-refractivity contribution in [2.24, 2.45) is 0 Å². The summed E-state index contributed by atoms with van der Waals surface area (Å²) in [5, 5.41) is -0.675. The fraction of sp³-hybridized carbons (Fsp3) is 0.250. The van der Waals surface area contributed by atoms with Gasteiger partial charge in [0.25, 0.3) is 0 Å². The van der Waals surface area contributed by atoms with Crippen LogP contribution in [0.25, 0.3) is 11.1 Å². The summed E-state index contributed by atoms with van der Waals surface area (Å²) < 4.78 is 58.7. The number of hydrogen-bond donors (Lipinski definition) is 1. The van der Waals surface area contributed by atoms with E-state index in [9.17, 15) is 8.42 Å². The van der Waals surface area contributed by atoms with Gasteiger partial charge in [-0.3, -0.25) is 0 Å². The van der Waals surface area contributed by atoms with Gasteiger partial charge in [-0.15, -0.1) is 0 Å². The lowest BCUT2D eigenvalue weighted by Gasteiger charge is -2.36. The summed E-state index contributed by atoms with van der Waals surface area (Å²) in [6, 6.07) is 18.2. The predicted octanol–water partition coefficient (Wildman–Crippen LogP) is 1.37. The Labute approximate surface area is 196 Å². The van der Waals surface area contributed by atoms with E-state index >= 15 is 0 Å². The summed E-state index contributed by atoms with van der Waals surface area (Å²) in [5.74, 6) is 0. The van der Waals surface area contributed by atoms with Gasteiger partial charge >= 0.3 is 0 Å². The van der Waals surface area contributed by atoms with Crippen molar-refractivity contribution < 1.29 is 37.3 Å². The summed E-state index contributed by atoms with van der Waals surface area (Å²) in [6.07, 6.45) is 1.34. The number of para-hydroxylation sites is 1. The molecule has 7 nitrogen and oxygen atoms in total. The van der Waals surface area contributed by atoms with Crippen LogP contribution in [0, 0.1) is 31.0 Å². The molecule has 0 saturated heterocycles. The van der Waals surface area contributed by atoms with Crippen LogP contribution in [-0.2, 0) is 9.84 Å². The van der Waals surface area contributed by atoms with Crippen molar-refractivity contribution in [3.63, 3.8) is 0 Å². The van der Waals surface area contributed by atoms with Crippen molar-refractivity contribution >= 4 is 21.2 Å². The average molecular weight is 492 g/mol. The SMILES string of the molecule is Cc1cc(C)c(-c2cccc3c2C(S(C)(=O)=O)c2ccccc2N3C)c(C)c1.[O-][Cl+3]([O-])([O-])O. The first-order chi connectivity index (χ1) is 15.2. The third kappa shape index (κ3) is 5.38. The molecule has 3 aromatic carbocycles. The third-order valence-corrected chi connectivity index (χ3v) is 7.01. The lowest BCUT2D eigenvalue weighted by molar-refractivity contribution is -1.92. The van der Waals surface area contributed by atoms with Gasteiger partial charge < -0.3 is 4.90 Å². The fourth-order valence-electron chi connectivity index (χ4n) is 4.69. The zero-order valence-electron chi connectivity index (χ0n) is 19.0. The molecule has 0 saturated carbocycles. The Kier molecular flexibility index (Phi) is 6.91. The number of anilines is 2. The third-order valence-electron chi connectivity index (χ3n) is 5.66. The van der Waals surface area contributed by atoms with Gasteiger partial charge in [0.1, 0.15) is 5.25 Å². The highest BCUT2D eigenvalue weighted by molar-refractivity contribution is 7.91. The van der Waals surface area contributed by atoms with E-state index in [1.54, 1.807) is 0 Å². The summed E-state index contributed by atoms with van der Waals surface area (Å²) in [6.45, 7) is 6.29. The van der Waals surface area contributed by atoms with Crippen molar-refractivity contribution in [3.8, 4) is 11.1 Å². The highest BCUT2D eigenvalue weighted by Crippen LogP contribution is 2.51. The molecule has 1 heterocycles. The minimum Gasteiger partial charge on any atom is -0.344 e. The van der Waals surface area contributed by atoms with Crippen LogP contribution in [0.3, 0.4) is 0 Å². The van der Waals surface area contributed by atoms with Gasteiger partial charge in [0.2, 0.25) is 0 Å². The second-order valence-electron chi connectivity index (χ2n) is 8.24. The molecule has 0 fully saturated rings. The van der Waals surface area contributed by atoms with Crippen molar-refractivity contribution in [3.05, 3.63) is 82.4 Å². The molecule has 1 unspecified atom stereocenters. The number of aryl methyl sites for hydroxylation is 3. The topological polar surface area (TPSA) is 127 Å². The maximum absolute atomic E-state index is 13.0. The lowest BCUT2D eigenvalue weighted by Crippen LogP contribution is -2.58. The second kappa shape index (κ2) is 9.06. The molecule has 4 rings (SSSR count). The molecular formula is C24H26ClNO6S. The van der Waals surface area contributed by atoms with Gasteiger partial charge in [0, 0.05) is 30.2 Å². The van der Waals surface area contributed by atoms with Gasteiger partial charge in [-0.1, -0.05) is 48.0 Å². The van der Waals surface area contributed by atoms with E-state index in [1.807, 2.05) is 43.4 Å². The number of benzene rings is 3. The molecule has 33 heavy (non-hydrogen) atoms. The number of sulfone groups is 1. The zero-order valence-corrected chi connectivity index (χ0v) is 20.6. The molecular weight excluding hydrogens is 466 g/mol. The first-order valence-corrected chi connectivity index (χ1v) is 13.3. The smallest absolute Gasteiger partial charge is 0.158 e. The van der Waals surface area contributed by atoms with Crippen molar-refractivity contribution in [2.75, 3.05) is 18.2 Å². The van der Waals surface area contributed by atoms with E-state index in [-0.39, 0.29) is 0 Å². The molecule has 0 aliphatic carbocycles. The van der Waals surface area contributed by atoms with Crippen molar-refractivity contribution in [1.82, 2.24) is 0 Å². The van der Waals surface area contributed by atoms with Crippen LogP contribution in [0.1, 0.15) is 33.1 Å². The van der Waals surface area contributed by atoms with Gasteiger partial charge in [-0.2, -0.15) is 14.0 Å².